The summed E-state index contributed by atoms with van der Waals surface area (Å²) in [6.07, 6.45) is 0.949. The number of carbonyl (C=O) groups excluding carboxylic acids is 1. The van der Waals surface area contributed by atoms with Gasteiger partial charge in [0.2, 0.25) is 6.79 Å². The summed E-state index contributed by atoms with van der Waals surface area (Å²) in [4.78, 5) is 16.2. The van der Waals surface area contributed by atoms with Crippen molar-refractivity contribution in [3.63, 3.8) is 0 Å². The molecule has 0 saturated carbocycles. The van der Waals surface area contributed by atoms with Crippen LogP contribution in [0.15, 0.2) is 18.2 Å². The van der Waals surface area contributed by atoms with E-state index in [1.165, 1.54) is 0 Å². The Hall–Kier alpha value is -1.95. The molecule has 2 rings (SSSR count). The van der Waals surface area contributed by atoms with E-state index in [-0.39, 0.29) is 12.8 Å². The van der Waals surface area contributed by atoms with E-state index in [0.29, 0.717) is 6.54 Å². The molecule has 6 heteroatoms. The molecule has 0 radical (unpaired) electrons. The van der Waals surface area contributed by atoms with Gasteiger partial charge in [-0.1, -0.05) is 13.0 Å². The van der Waals surface area contributed by atoms with Gasteiger partial charge in [-0.05, 0) is 38.2 Å². The molecule has 122 valence electrons. The van der Waals surface area contributed by atoms with E-state index in [0.717, 1.165) is 43.1 Å². The second-order valence-electron chi connectivity index (χ2n) is 5.64. The highest BCUT2D eigenvalue weighted by molar-refractivity contribution is 5.74. The van der Waals surface area contributed by atoms with Gasteiger partial charge in [0.1, 0.15) is 0 Å². The molecule has 0 aliphatic carbocycles. The molecule has 1 aromatic carbocycles. The average molecular weight is 307 g/mol. The third-order valence-electron chi connectivity index (χ3n) is 3.48. The SMILES string of the molecule is CCCN(CCN(C)C)C(=O)NCc1ccc2c(c1)OCO2. The Morgan fingerprint density at radius 1 is 1.18 bits per heavy atom. The maximum absolute atomic E-state index is 12.3. The van der Waals surface area contributed by atoms with E-state index in [1.807, 2.05) is 37.2 Å². The van der Waals surface area contributed by atoms with Crippen LogP contribution in [0.3, 0.4) is 0 Å². The molecule has 0 atom stereocenters. The van der Waals surface area contributed by atoms with E-state index < -0.39 is 0 Å². The van der Waals surface area contributed by atoms with Crippen molar-refractivity contribution in [3.05, 3.63) is 23.8 Å². The van der Waals surface area contributed by atoms with Gasteiger partial charge < -0.3 is 24.6 Å². The van der Waals surface area contributed by atoms with E-state index in [9.17, 15) is 4.79 Å². The van der Waals surface area contributed by atoms with Crippen molar-refractivity contribution in [1.29, 1.82) is 0 Å². The molecule has 0 bridgehead atoms. The second-order valence-corrected chi connectivity index (χ2v) is 5.64. The van der Waals surface area contributed by atoms with Crippen LogP contribution in [0.25, 0.3) is 0 Å². The molecule has 1 N–H and O–H groups in total. The monoisotopic (exact) mass is 307 g/mol. The smallest absolute Gasteiger partial charge is 0.317 e. The Morgan fingerprint density at radius 2 is 1.95 bits per heavy atom. The lowest BCUT2D eigenvalue weighted by Crippen LogP contribution is -2.43. The topological polar surface area (TPSA) is 54.0 Å². The third-order valence-corrected chi connectivity index (χ3v) is 3.48. The number of nitrogens with zero attached hydrogens (tertiary/aromatic N) is 2. The minimum absolute atomic E-state index is 0.0265. The number of rotatable bonds is 7. The van der Waals surface area contributed by atoms with Crippen molar-refractivity contribution in [2.75, 3.05) is 40.5 Å². The number of likely N-dealkylation sites (N-methyl/N-ethyl adjacent to an activating group) is 1. The van der Waals surface area contributed by atoms with Gasteiger partial charge in [0.05, 0.1) is 0 Å². The standard InChI is InChI=1S/C16H25N3O3/c1-4-7-19(9-8-18(2)3)16(20)17-11-13-5-6-14-15(10-13)22-12-21-14/h5-6,10H,4,7-9,11-12H2,1-3H3,(H,17,20). The molecule has 2 amide bonds. The zero-order chi connectivity index (χ0) is 15.9. The lowest BCUT2D eigenvalue weighted by Gasteiger charge is -2.24. The fourth-order valence-corrected chi connectivity index (χ4v) is 2.25. The average Bonchev–Trinajstić information content (AvgIpc) is 2.96. The maximum atomic E-state index is 12.3. The highest BCUT2D eigenvalue weighted by Crippen LogP contribution is 2.32. The summed E-state index contributed by atoms with van der Waals surface area (Å²) >= 11 is 0. The van der Waals surface area contributed by atoms with Gasteiger partial charge in [-0.2, -0.15) is 0 Å². The molecule has 0 saturated heterocycles. The Labute approximate surface area is 132 Å². The zero-order valence-corrected chi connectivity index (χ0v) is 13.6. The molecule has 1 aliphatic rings. The van der Waals surface area contributed by atoms with E-state index >= 15 is 0 Å². The molecular weight excluding hydrogens is 282 g/mol. The number of fused-ring (bicyclic) bond motifs is 1. The first-order valence-electron chi connectivity index (χ1n) is 7.66. The summed E-state index contributed by atoms with van der Waals surface area (Å²) in [7, 11) is 4.02. The van der Waals surface area contributed by atoms with Crippen molar-refractivity contribution in [1.82, 2.24) is 15.1 Å². The van der Waals surface area contributed by atoms with Gasteiger partial charge in [-0.3, -0.25) is 0 Å². The molecule has 1 aliphatic heterocycles. The number of hydrogen-bond donors (Lipinski definition) is 1. The van der Waals surface area contributed by atoms with E-state index in [1.54, 1.807) is 0 Å². The lowest BCUT2D eigenvalue weighted by atomic mass is 10.2. The van der Waals surface area contributed by atoms with Crippen LogP contribution in [-0.4, -0.2) is 56.4 Å². The van der Waals surface area contributed by atoms with Crippen molar-refractivity contribution < 1.29 is 14.3 Å². The van der Waals surface area contributed by atoms with Gasteiger partial charge >= 0.3 is 6.03 Å². The minimum Gasteiger partial charge on any atom is -0.454 e. The van der Waals surface area contributed by atoms with Gasteiger partial charge in [-0.15, -0.1) is 0 Å². The third kappa shape index (κ3) is 4.53. The first-order chi connectivity index (χ1) is 10.6. The van der Waals surface area contributed by atoms with Gasteiger partial charge in [-0.25, -0.2) is 4.79 Å². The molecule has 6 nitrogen and oxygen atoms in total. The van der Waals surface area contributed by atoms with Gasteiger partial charge in [0, 0.05) is 26.2 Å². The molecule has 0 spiro atoms. The molecule has 0 fully saturated rings. The molecule has 1 aromatic rings. The van der Waals surface area contributed by atoms with Crippen LogP contribution in [0.2, 0.25) is 0 Å². The molecule has 22 heavy (non-hydrogen) atoms. The highest BCUT2D eigenvalue weighted by Gasteiger charge is 2.15. The molecule has 0 unspecified atom stereocenters. The number of ether oxygens (including phenoxy) is 2. The minimum atomic E-state index is -0.0265. The van der Waals surface area contributed by atoms with Crippen molar-refractivity contribution in [3.8, 4) is 11.5 Å². The molecule has 0 aromatic heterocycles. The van der Waals surface area contributed by atoms with Gasteiger partial charge in [0.25, 0.3) is 0 Å². The summed E-state index contributed by atoms with van der Waals surface area (Å²) in [5.74, 6) is 1.50. The summed E-state index contributed by atoms with van der Waals surface area (Å²) in [5.41, 5.74) is 1.00. The first kappa shape index (κ1) is 16.4. The van der Waals surface area contributed by atoms with E-state index in [4.69, 9.17) is 9.47 Å². The van der Waals surface area contributed by atoms with Crippen LogP contribution in [0.1, 0.15) is 18.9 Å². The quantitative estimate of drug-likeness (QED) is 0.836. The summed E-state index contributed by atoms with van der Waals surface area (Å²) < 4.78 is 10.6. The number of nitrogens with one attached hydrogen (secondary N) is 1. The first-order valence-corrected chi connectivity index (χ1v) is 7.66. The predicted molar refractivity (Wildman–Crippen MR) is 85.2 cm³/mol. The van der Waals surface area contributed by atoms with Crippen LogP contribution in [-0.2, 0) is 6.54 Å². The van der Waals surface area contributed by atoms with Crippen LogP contribution >= 0.6 is 0 Å². The number of urea groups is 1. The summed E-state index contributed by atoms with van der Waals surface area (Å²) in [6.45, 7) is 5.18. The molecule has 1 heterocycles. The number of carbonyl (C=O) groups is 1. The fraction of sp³-hybridized carbons (Fsp3) is 0.562. The largest absolute Gasteiger partial charge is 0.454 e. The maximum Gasteiger partial charge on any atom is 0.317 e. The second kappa shape index (κ2) is 7.89. The Balaban J connectivity index is 1.86. The van der Waals surface area contributed by atoms with E-state index in [2.05, 4.69) is 17.1 Å². The number of hydrogen-bond acceptors (Lipinski definition) is 4. The Morgan fingerprint density at radius 3 is 2.68 bits per heavy atom. The van der Waals surface area contributed by atoms with Crippen molar-refractivity contribution in [2.45, 2.75) is 19.9 Å². The summed E-state index contributed by atoms with van der Waals surface area (Å²) in [5, 5.41) is 2.97. The number of amides is 2. The van der Waals surface area contributed by atoms with Crippen molar-refractivity contribution in [2.24, 2.45) is 0 Å². The predicted octanol–water partition coefficient (Wildman–Crippen LogP) is 1.90. The summed E-state index contributed by atoms with van der Waals surface area (Å²) in [6, 6.07) is 5.70. The zero-order valence-electron chi connectivity index (χ0n) is 13.6. The number of benzene rings is 1. The van der Waals surface area contributed by atoms with Crippen LogP contribution in [0.4, 0.5) is 4.79 Å². The van der Waals surface area contributed by atoms with Crippen LogP contribution in [0, 0.1) is 0 Å². The normalized spacial score (nSPS) is 12.5. The van der Waals surface area contributed by atoms with Gasteiger partial charge in [0.15, 0.2) is 11.5 Å². The lowest BCUT2D eigenvalue weighted by molar-refractivity contribution is 0.174. The van der Waals surface area contributed by atoms with Crippen LogP contribution < -0.4 is 14.8 Å². The Kier molecular flexibility index (Phi) is 5.89. The Bertz CT molecular complexity index is 505. The fourth-order valence-electron chi connectivity index (χ4n) is 2.25. The van der Waals surface area contributed by atoms with Crippen molar-refractivity contribution >= 4 is 6.03 Å². The molecular formula is C16H25N3O3. The highest BCUT2D eigenvalue weighted by atomic mass is 16.7. The van der Waals surface area contributed by atoms with Crippen LogP contribution in [0.5, 0.6) is 11.5 Å².